The Bertz CT molecular complexity index is 478. The highest BCUT2D eigenvalue weighted by molar-refractivity contribution is 7.80. The van der Waals surface area contributed by atoms with Crippen molar-refractivity contribution in [3.8, 4) is 0 Å². The molecular formula is C16H23ClN2S. The van der Waals surface area contributed by atoms with Gasteiger partial charge in [0.25, 0.3) is 0 Å². The van der Waals surface area contributed by atoms with Gasteiger partial charge in [0.15, 0.2) is 5.11 Å². The molecule has 4 heteroatoms. The number of aryl methyl sites for hydroxylation is 2. The molecule has 20 heavy (non-hydrogen) atoms. The predicted octanol–water partition coefficient (Wildman–Crippen LogP) is 4.82. The molecule has 1 aliphatic carbocycles. The number of hydrogen-bond donors (Lipinski definition) is 2. The molecule has 0 spiro atoms. The van der Waals surface area contributed by atoms with E-state index in [2.05, 4.69) is 23.6 Å². The summed E-state index contributed by atoms with van der Waals surface area (Å²) < 4.78 is 0. The van der Waals surface area contributed by atoms with Gasteiger partial charge in [-0.3, -0.25) is 0 Å². The Morgan fingerprint density at radius 1 is 1.25 bits per heavy atom. The highest BCUT2D eigenvalue weighted by Crippen LogP contribution is 2.28. The Morgan fingerprint density at radius 2 is 1.95 bits per heavy atom. The Hall–Kier alpha value is -0.800. The average molecular weight is 311 g/mol. The molecule has 0 saturated heterocycles. The monoisotopic (exact) mass is 310 g/mol. The molecule has 0 amide bonds. The van der Waals surface area contributed by atoms with Gasteiger partial charge in [-0.2, -0.15) is 0 Å². The van der Waals surface area contributed by atoms with E-state index in [9.17, 15) is 0 Å². The van der Waals surface area contributed by atoms with Crippen LogP contribution in [0.15, 0.2) is 12.1 Å². The van der Waals surface area contributed by atoms with E-state index in [4.69, 9.17) is 23.8 Å². The minimum Gasteiger partial charge on any atom is -0.359 e. The molecule has 2 atom stereocenters. The van der Waals surface area contributed by atoms with Gasteiger partial charge in [-0.25, -0.2) is 0 Å². The predicted molar refractivity (Wildman–Crippen MR) is 91.7 cm³/mol. The van der Waals surface area contributed by atoms with Crippen molar-refractivity contribution in [1.82, 2.24) is 5.32 Å². The number of anilines is 1. The number of benzene rings is 1. The molecule has 1 aromatic rings. The van der Waals surface area contributed by atoms with Crippen LogP contribution in [-0.4, -0.2) is 11.2 Å². The van der Waals surface area contributed by atoms with Crippen molar-refractivity contribution in [1.29, 1.82) is 0 Å². The number of rotatable bonds is 2. The molecule has 0 aromatic heterocycles. The minimum atomic E-state index is 0.480. The number of halogens is 1. The first kappa shape index (κ1) is 15.6. The quantitative estimate of drug-likeness (QED) is 0.766. The number of thiocarbonyl (C=S) groups is 1. The third kappa shape index (κ3) is 3.86. The van der Waals surface area contributed by atoms with Crippen LogP contribution in [0.5, 0.6) is 0 Å². The molecule has 1 fully saturated rings. The average Bonchev–Trinajstić information content (AvgIpc) is 2.36. The summed E-state index contributed by atoms with van der Waals surface area (Å²) in [5.41, 5.74) is 3.20. The molecule has 1 saturated carbocycles. The minimum absolute atomic E-state index is 0.480. The molecular weight excluding hydrogens is 288 g/mol. The van der Waals surface area contributed by atoms with Gasteiger partial charge < -0.3 is 10.6 Å². The highest BCUT2D eigenvalue weighted by Gasteiger charge is 2.22. The van der Waals surface area contributed by atoms with Crippen LogP contribution >= 0.6 is 23.8 Å². The maximum atomic E-state index is 6.30. The first-order valence-corrected chi connectivity index (χ1v) is 8.10. The van der Waals surface area contributed by atoms with E-state index in [-0.39, 0.29) is 0 Å². The molecule has 0 bridgehead atoms. The van der Waals surface area contributed by atoms with E-state index in [0.29, 0.717) is 17.1 Å². The Balaban J connectivity index is 2.01. The number of nitrogens with one attached hydrogen (secondary N) is 2. The van der Waals surface area contributed by atoms with Crippen LogP contribution in [0.3, 0.4) is 0 Å². The topological polar surface area (TPSA) is 24.1 Å². The normalized spacial score (nSPS) is 22.4. The van der Waals surface area contributed by atoms with Crippen molar-refractivity contribution in [2.45, 2.75) is 52.5 Å². The van der Waals surface area contributed by atoms with Gasteiger partial charge in [-0.1, -0.05) is 37.4 Å². The maximum absolute atomic E-state index is 6.30. The lowest BCUT2D eigenvalue weighted by Crippen LogP contribution is -2.43. The third-order valence-electron chi connectivity index (χ3n) is 4.10. The van der Waals surface area contributed by atoms with Crippen LogP contribution in [0.1, 0.15) is 43.7 Å². The third-order valence-corrected chi connectivity index (χ3v) is 4.62. The number of hydrogen-bond acceptors (Lipinski definition) is 1. The summed E-state index contributed by atoms with van der Waals surface area (Å²) in [7, 11) is 0. The van der Waals surface area contributed by atoms with Gasteiger partial charge in [0.05, 0.1) is 10.7 Å². The molecule has 0 unspecified atom stereocenters. The fourth-order valence-corrected chi connectivity index (χ4v) is 3.54. The highest BCUT2D eigenvalue weighted by atomic mass is 35.5. The summed E-state index contributed by atoms with van der Waals surface area (Å²) in [6.45, 7) is 6.39. The van der Waals surface area contributed by atoms with Crippen molar-refractivity contribution >= 4 is 34.6 Å². The van der Waals surface area contributed by atoms with Crippen LogP contribution in [0, 0.1) is 19.8 Å². The molecule has 2 rings (SSSR count). The van der Waals surface area contributed by atoms with E-state index in [1.54, 1.807) is 0 Å². The second kappa shape index (κ2) is 6.77. The zero-order valence-electron chi connectivity index (χ0n) is 12.4. The van der Waals surface area contributed by atoms with Crippen LogP contribution in [-0.2, 0) is 0 Å². The first-order chi connectivity index (χ1) is 9.47. The van der Waals surface area contributed by atoms with E-state index < -0.39 is 0 Å². The summed E-state index contributed by atoms with van der Waals surface area (Å²) >= 11 is 11.7. The smallest absolute Gasteiger partial charge is 0.171 e. The van der Waals surface area contributed by atoms with Crippen molar-refractivity contribution in [2.75, 3.05) is 5.32 Å². The molecule has 2 nitrogen and oxygen atoms in total. The fraction of sp³-hybridized carbons (Fsp3) is 0.562. The Labute approximate surface area is 132 Å². The molecule has 1 aliphatic rings. The first-order valence-electron chi connectivity index (χ1n) is 7.31. The van der Waals surface area contributed by atoms with E-state index in [1.165, 1.54) is 25.7 Å². The van der Waals surface area contributed by atoms with Crippen molar-refractivity contribution in [2.24, 2.45) is 5.92 Å². The summed E-state index contributed by atoms with van der Waals surface area (Å²) in [4.78, 5) is 0. The second-order valence-corrected chi connectivity index (χ2v) is 6.72. The summed E-state index contributed by atoms with van der Waals surface area (Å²) in [5.74, 6) is 0.679. The second-order valence-electron chi connectivity index (χ2n) is 5.91. The van der Waals surface area contributed by atoms with Crippen LogP contribution in [0.2, 0.25) is 5.02 Å². The summed E-state index contributed by atoms with van der Waals surface area (Å²) in [6.07, 6.45) is 5.10. The molecule has 0 heterocycles. The summed E-state index contributed by atoms with van der Waals surface area (Å²) in [5, 5.41) is 8.11. The lowest BCUT2D eigenvalue weighted by atomic mass is 9.86. The van der Waals surface area contributed by atoms with Gasteiger partial charge in [-0.15, -0.1) is 0 Å². The standard InChI is InChI=1S/C16H23ClN2S/c1-10-8-12(3)15(13(17)9-10)19-16(20)18-14-7-5-4-6-11(14)2/h8-9,11,14H,4-7H2,1-3H3,(H2,18,19,20)/t11-,14-/m0/s1. The van der Waals surface area contributed by atoms with Crippen molar-refractivity contribution in [3.63, 3.8) is 0 Å². The van der Waals surface area contributed by atoms with Crippen LogP contribution in [0.4, 0.5) is 5.69 Å². The van der Waals surface area contributed by atoms with Crippen molar-refractivity contribution in [3.05, 3.63) is 28.3 Å². The zero-order valence-corrected chi connectivity index (χ0v) is 14.0. The van der Waals surface area contributed by atoms with Crippen molar-refractivity contribution < 1.29 is 0 Å². The lowest BCUT2D eigenvalue weighted by Gasteiger charge is -2.30. The van der Waals surface area contributed by atoms with Gasteiger partial charge in [-0.05, 0) is 62.0 Å². The van der Waals surface area contributed by atoms with Gasteiger partial charge >= 0.3 is 0 Å². The van der Waals surface area contributed by atoms with E-state index >= 15 is 0 Å². The zero-order chi connectivity index (χ0) is 14.7. The maximum Gasteiger partial charge on any atom is 0.171 e. The Morgan fingerprint density at radius 3 is 2.60 bits per heavy atom. The van der Waals surface area contributed by atoms with E-state index in [1.807, 2.05) is 19.9 Å². The molecule has 0 aliphatic heterocycles. The Kier molecular flexibility index (Phi) is 5.28. The molecule has 2 N–H and O–H groups in total. The molecule has 110 valence electrons. The SMILES string of the molecule is Cc1cc(C)c(NC(=S)N[C@H]2CCCC[C@@H]2C)c(Cl)c1. The lowest BCUT2D eigenvalue weighted by molar-refractivity contribution is 0.309. The molecule has 0 radical (unpaired) electrons. The van der Waals surface area contributed by atoms with Crippen LogP contribution < -0.4 is 10.6 Å². The van der Waals surface area contributed by atoms with Gasteiger partial charge in [0.2, 0.25) is 0 Å². The van der Waals surface area contributed by atoms with Crippen LogP contribution in [0.25, 0.3) is 0 Å². The fourth-order valence-electron chi connectivity index (χ4n) is 2.92. The largest absolute Gasteiger partial charge is 0.359 e. The summed E-state index contributed by atoms with van der Waals surface area (Å²) in [6, 6.07) is 4.55. The van der Waals surface area contributed by atoms with E-state index in [0.717, 1.165) is 21.8 Å². The van der Waals surface area contributed by atoms with Gasteiger partial charge in [0, 0.05) is 6.04 Å². The van der Waals surface area contributed by atoms with Gasteiger partial charge in [0.1, 0.15) is 0 Å². The molecule has 1 aromatic carbocycles.